The molecule has 0 heterocycles. The molecule has 2 rings (SSSR count). The van der Waals surface area contributed by atoms with E-state index in [1.54, 1.807) is 6.08 Å². The fourth-order valence-electron chi connectivity index (χ4n) is 1.86. The van der Waals surface area contributed by atoms with Gasteiger partial charge >= 0.3 is 5.97 Å². The van der Waals surface area contributed by atoms with Crippen LogP contribution in [0, 0.1) is 6.92 Å². The number of hydrogen-bond donors (Lipinski definition) is 1. The third kappa shape index (κ3) is 3.81. The van der Waals surface area contributed by atoms with E-state index in [1.807, 2.05) is 61.5 Å². The summed E-state index contributed by atoms with van der Waals surface area (Å²) in [4.78, 5) is 11.3. The molecule has 0 bridgehead atoms. The van der Waals surface area contributed by atoms with Crippen molar-refractivity contribution in [2.24, 2.45) is 0 Å². The lowest BCUT2D eigenvalue weighted by Crippen LogP contribution is -2.03. The first-order chi connectivity index (χ1) is 9.15. The van der Waals surface area contributed by atoms with Crippen LogP contribution in [0.15, 0.2) is 60.2 Å². The van der Waals surface area contributed by atoms with E-state index < -0.39 is 5.97 Å². The average Bonchev–Trinajstić information content (AvgIpc) is 2.41. The molecule has 0 aliphatic rings. The molecule has 0 aromatic heterocycles. The van der Waals surface area contributed by atoms with Gasteiger partial charge in [0.15, 0.2) is 0 Å². The van der Waals surface area contributed by atoms with Gasteiger partial charge in [-0.2, -0.15) is 0 Å². The van der Waals surface area contributed by atoms with Gasteiger partial charge in [-0.1, -0.05) is 60.2 Å². The first kappa shape index (κ1) is 13.1. The van der Waals surface area contributed by atoms with Crippen LogP contribution in [0.5, 0.6) is 0 Å². The lowest BCUT2D eigenvalue weighted by atomic mass is 10.0. The van der Waals surface area contributed by atoms with Gasteiger partial charge in [-0.15, -0.1) is 0 Å². The summed E-state index contributed by atoms with van der Waals surface area (Å²) in [6, 6.07) is 17.4. The van der Waals surface area contributed by atoms with Crippen LogP contribution >= 0.6 is 0 Å². The second-order valence-corrected chi connectivity index (χ2v) is 4.55. The van der Waals surface area contributed by atoms with Crippen LogP contribution in [-0.4, -0.2) is 11.1 Å². The number of benzene rings is 2. The van der Waals surface area contributed by atoms with E-state index in [2.05, 4.69) is 0 Å². The largest absolute Gasteiger partial charge is 0.478 e. The summed E-state index contributed by atoms with van der Waals surface area (Å²) in [7, 11) is 0. The maximum absolute atomic E-state index is 11.3. The molecule has 0 fully saturated rings. The Balaban J connectivity index is 2.24. The number of aliphatic carboxylic acids is 1. The predicted octanol–water partition coefficient (Wildman–Crippen LogP) is 3.71. The van der Waals surface area contributed by atoms with Crippen LogP contribution < -0.4 is 0 Å². The van der Waals surface area contributed by atoms with Gasteiger partial charge in [0.1, 0.15) is 0 Å². The van der Waals surface area contributed by atoms with Crippen molar-refractivity contribution in [2.75, 3.05) is 0 Å². The van der Waals surface area contributed by atoms with Crippen molar-refractivity contribution in [3.8, 4) is 0 Å². The molecular weight excluding hydrogens is 236 g/mol. The molecule has 0 atom stereocenters. The normalized spacial score (nSPS) is 11.3. The summed E-state index contributed by atoms with van der Waals surface area (Å²) in [6.07, 6.45) is 2.16. The Hall–Kier alpha value is -2.35. The SMILES string of the molecule is Cc1ccc(CC(=Cc2ccccc2)C(=O)O)cc1. The highest BCUT2D eigenvalue weighted by molar-refractivity contribution is 5.92. The van der Waals surface area contributed by atoms with Crippen LogP contribution in [0.4, 0.5) is 0 Å². The van der Waals surface area contributed by atoms with E-state index in [-0.39, 0.29) is 0 Å². The molecule has 96 valence electrons. The van der Waals surface area contributed by atoms with Crippen LogP contribution in [0.2, 0.25) is 0 Å². The fraction of sp³-hybridized carbons (Fsp3) is 0.118. The summed E-state index contributed by atoms with van der Waals surface area (Å²) in [5.41, 5.74) is 3.49. The first-order valence-electron chi connectivity index (χ1n) is 6.19. The van der Waals surface area contributed by atoms with Crippen molar-refractivity contribution in [1.29, 1.82) is 0 Å². The Morgan fingerprint density at radius 3 is 2.26 bits per heavy atom. The number of hydrogen-bond acceptors (Lipinski definition) is 1. The van der Waals surface area contributed by atoms with Gasteiger partial charge in [0.25, 0.3) is 0 Å². The van der Waals surface area contributed by atoms with E-state index in [9.17, 15) is 9.90 Å². The minimum absolute atomic E-state index is 0.398. The molecule has 19 heavy (non-hydrogen) atoms. The summed E-state index contributed by atoms with van der Waals surface area (Å²) in [5.74, 6) is -0.871. The molecule has 0 saturated carbocycles. The first-order valence-corrected chi connectivity index (χ1v) is 6.19. The summed E-state index contributed by atoms with van der Waals surface area (Å²) < 4.78 is 0. The highest BCUT2D eigenvalue weighted by Crippen LogP contribution is 2.13. The highest BCUT2D eigenvalue weighted by atomic mass is 16.4. The third-order valence-electron chi connectivity index (χ3n) is 2.93. The van der Waals surface area contributed by atoms with E-state index in [0.717, 1.165) is 11.1 Å². The summed E-state index contributed by atoms with van der Waals surface area (Å²) in [5, 5.41) is 9.28. The second kappa shape index (κ2) is 6.01. The number of carboxylic acids is 1. The lowest BCUT2D eigenvalue weighted by molar-refractivity contribution is -0.132. The Morgan fingerprint density at radius 2 is 1.68 bits per heavy atom. The Morgan fingerprint density at radius 1 is 1.05 bits per heavy atom. The van der Waals surface area contributed by atoms with Crippen molar-refractivity contribution < 1.29 is 9.90 Å². The molecule has 1 N–H and O–H groups in total. The molecule has 2 heteroatoms. The maximum atomic E-state index is 11.3. The molecule has 0 aliphatic heterocycles. The molecule has 0 amide bonds. The summed E-state index contributed by atoms with van der Waals surface area (Å²) in [6.45, 7) is 2.02. The van der Waals surface area contributed by atoms with Gasteiger partial charge in [-0.05, 0) is 24.1 Å². The minimum Gasteiger partial charge on any atom is -0.478 e. The van der Waals surface area contributed by atoms with Crippen molar-refractivity contribution in [3.05, 3.63) is 76.9 Å². The van der Waals surface area contributed by atoms with Crippen molar-refractivity contribution in [1.82, 2.24) is 0 Å². The zero-order valence-corrected chi connectivity index (χ0v) is 10.8. The smallest absolute Gasteiger partial charge is 0.331 e. The van der Waals surface area contributed by atoms with Gasteiger partial charge in [0, 0.05) is 12.0 Å². The van der Waals surface area contributed by atoms with Gasteiger partial charge in [0.2, 0.25) is 0 Å². The van der Waals surface area contributed by atoms with Crippen LogP contribution in [0.25, 0.3) is 6.08 Å². The average molecular weight is 252 g/mol. The Bertz CT molecular complexity index is 580. The molecule has 2 nitrogen and oxygen atoms in total. The maximum Gasteiger partial charge on any atom is 0.331 e. The molecule has 0 spiro atoms. The predicted molar refractivity (Wildman–Crippen MR) is 76.9 cm³/mol. The Kier molecular flexibility index (Phi) is 4.14. The van der Waals surface area contributed by atoms with Crippen molar-refractivity contribution >= 4 is 12.0 Å². The fourth-order valence-corrected chi connectivity index (χ4v) is 1.86. The number of rotatable bonds is 4. The van der Waals surface area contributed by atoms with Crippen LogP contribution in [0.1, 0.15) is 16.7 Å². The monoisotopic (exact) mass is 252 g/mol. The molecule has 0 unspecified atom stereocenters. The minimum atomic E-state index is -0.871. The molecule has 0 aliphatic carbocycles. The van der Waals surface area contributed by atoms with Gasteiger partial charge in [-0.3, -0.25) is 0 Å². The van der Waals surface area contributed by atoms with E-state index >= 15 is 0 Å². The van der Waals surface area contributed by atoms with Crippen molar-refractivity contribution in [3.63, 3.8) is 0 Å². The summed E-state index contributed by atoms with van der Waals surface area (Å²) >= 11 is 0. The number of aryl methyl sites for hydroxylation is 1. The van der Waals surface area contributed by atoms with E-state index in [4.69, 9.17) is 0 Å². The zero-order chi connectivity index (χ0) is 13.7. The zero-order valence-electron chi connectivity index (χ0n) is 10.8. The van der Waals surface area contributed by atoms with Gasteiger partial charge < -0.3 is 5.11 Å². The standard InChI is InChI=1S/C17H16O2/c1-13-7-9-15(10-8-13)12-16(17(18)19)11-14-5-3-2-4-6-14/h2-11H,12H2,1H3,(H,18,19). The van der Waals surface area contributed by atoms with Gasteiger partial charge in [0.05, 0.1) is 0 Å². The van der Waals surface area contributed by atoms with Crippen molar-refractivity contribution in [2.45, 2.75) is 13.3 Å². The third-order valence-corrected chi connectivity index (χ3v) is 2.93. The molecule has 0 saturated heterocycles. The molecule has 2 aromatic carbocycles. The van der Waals surface area contributed by atoms with Crippen LogP contribution in [-0.2, 0) is 11.2 Å². The quantitative estimate of drug-likeness (QED) is 0.842. The van der Waals surface area contributed by atoms with Crippen LogP contribution in [0.3, 0.4) is 0 Å². The lowest BCUT2D eigenvalue weighted by Gasteiger charge is -2.04. The molecule has 0 radical (unpaired) electrons. The number of carbonyl (C=O) groups is 1. The highest BCUT2D eigenvalue weighted by Gasteiger charge is 2.08. The topological polar surface area (TPSA) is 37.3 Å². The molecular formula is C17H16O2. The van der Waals surface area contributed by atoms with Gasteiger partial charge in [-0.25, -0.2) is 4.79 Å². The van der Waals surface area contributed by atoms with E-state index in [0.29, 0.717) is 12.0 Å². The Labute approximate surface area is 113 Å². The number of carboxylic acid groups (broad SMARTS) is 1. The van der Waals surface area contributed by atoms with E-state index in [1.165, 1.54) is 5.56 Å². The second-order valence-electron chi connectivity index (χ2n) is 4.55. The molecule has 2 aromatic rings.